The molecular weight excluding hydrogens is 138 g/mol. The van der Waals surface area contributed by atoms with E-state index in [1.54, 1.807) is 5.48 Å². The summed E-state index contributed by atoms with van der Waals surface area (Å²) < 4.78 is 4.51. The third-order valence-electron chi connectivity index (χ3n) is 0.894. The highest BCUT2D eigenvalue weighted by Crippen LogP contribution is 2.09. The summed E-state index contributed by atoms with van der Waals surface area (Å²) in [4.78, 5) is 0. The topological polar surface area (TPSA) is 90.9 Å². The van der Waals surface area contributed by atoms with Crippen molar-refractivity contribution in [3.63, 3.8) is 0 Å². The Morgan fingerprint density at radius 2 is 2.60 bits per heavy atom. The number of hydrogen-bond acceptors (Lipinski definition) is 6. The molecule has 54 valence electrons. The van der Waals surface area contributed by atoms with Gasteiger partial charge in [-0.3, -0.25) is 10.7 Å². The maximum atomic E-state index is 8.34. The minimum absolute atomic E-state index is 0.157. The van der Waals surface area contributed by atoms with E-state index in [9.17, 15) is 0 Å². The smallest absolute Gasteiger partial charge is 0.206 e. The fraction of sp³-hybridized carbons (Fsp3) is 0. The van der Waals surface area contributed by atoms with E-state index in [1.807, 2.05) is 0 Å². The van der Waals surface area contributed by atoms with Crippen molar-refractivity contribution in [1.29, 1.82) is 0 Å². The lowest BCUT2D eigenvalue weighted by atomic mass is 10.4. The van der Waals surface area contributed by atoms with E-state index < -0.39 is 0 Å². The van der Waals surface area contributed by atoms with Gasteiger partial charge < -0.3 is 9.73 Å². The Bertz CT molecular complexity index is 231. The average molecular weight is 143 g/mol. The van der Waals surface area contributed by atoms with Gasteiger partial charge >= 0.3 is 0 Å². The minimum Gasteiger partial charge on any atom is -0.411 e. The number of hydrogen-bond donors (Lipinski definition) is 3. The van der Waals surface area contributed by atoms with Gasteiger partial charge in [-0.2, -0.15) is 0 Å². The fourth-order valence-electron chi connectivity index (χ4n) is 0.478. The second-order valence-corrected chi connectivity index (χ2v) is 1.46. The molecule has 0 aliphatic rings. The number of nitrogens with zero attached hydrogens (tertiary/aromatic N) is 2. The second-order valence-electron chi connectivity index (χ2n) is 1.46. The number of anilines is 1. The van der Waals surface area contributed by atoms with E-state index in [-0.39, 0.29) is 11.4 Å². The maximum Gasteiger partial charge on any atom is 0.206 e. The summed E-state index contributed by atoms with van der Waals surface area (Å²) >= 11 is 0. The molecule has 6 heteroatoms. The van der Waals surface area contributed by atoms with Crippen molar-refractivity contribution in [1.82, 2.24) is 5.16 Å². The van der Waals surface area contributed by atoms with Crippen molar-refractivity contribution in [2.75, 3.05) is 5.48 Å². The Balaban J connectivity index is 2.90. The first-order valence-corrected chi connectivity index (χ1v) is 2.40. The Labute approximate surface area is 55.7 Å². The van der Waals surface area contributed by atoms with E-state index in [2.05, 4.69) is 14.8 Å². The van der Waals surface area contributed by atoms with Gasteiger partial charge in [-0.25, -0.2) is 0 Å². The molecule has 0 aromatic carbocycles. The van der Waals surface area contributed by atoms with Crippen LogP contribution in [0.5, 0.6) is 0 Å². The lowest BCUT2D eigenvalue weighted by Gasteiger charge is -1.88. The molecule has 0 unspecified atom stereocenters. The molecule has 0 fully saturated rings. The summed E-state index contributed by atoms with van der Waals surface area (Å²) in [5, 5.41) is 22.4. The number of nitrogens with one attached hydrogen (secondary N) is 1. The average Bonchev–Trinajstić information content (AvgIpc) is 2.36. The van der Waals surface area contributed by atoms with Gasteiger partial charge in [0.2, 0.25) is 5.76 Å². The highest BCUT2D eigenvalue weighted by atomic mass is 16.5. The summed E-state index contributed by atoms with van der Waals surface area (Å²) in [5.74, 6) is 0.157. The van der Waals surface area contributed by atoms with Crippen LogP contribution in [0.3, 0.4) is 0 Å². The molecule has 0 aliphatic carbocycles. The molecule has 1 aromatic heterocycles. The van der Waals surface area contributed by atoms with Gasteiger partial charge in [0.25, 0.3) is 0 Å². The quantitative estimate of drug-likeness (QED) is 0.314. The predicted molar refractivity (Wildman–Crippen MR) is 31.3 cm³/mol. The lowest BCUT2D eigenvalue weighted by Crippen LogP contribution is -1.90. The number of aromatic nitrogens is 1. The van der Waals surface area contributed by atoms with Gasteiger partial charge in [0.1, 0.15) is 11.9 Å². The monoisotopic (exact) mass is 143 g/mol. The molecule has 0 aliphatic heterocycles. The van der Waals surface area contributed by atoms with Crippen molar-refractivity contribution < 1.29 is 14.9 Å². The summed E-state index contributed by atoms with van der Waals surface area (Å²) in [5.41, 5.74) is 2.05. The first-order chi connectivity index (χ1) is 4.88. The summed E-state index contributed by atoms with van der Waals surface area (Å²) in [7, 11) is 0. The molecule has 0 radical (unpaired) electrons. The van der Waals surface area contributed by atoms with Crippen LogP contribution in [0.4, 0.5) is 5.69 Å². The number of rotatable bonds is 2. The van der Waals surface area contributed by atoms with Crippen molar-refractivity contribution in [2.45, 2.75) is 0 Å². The van der Waals surface area contributed by atoms with Crippen LogP contribution >= 0.6 is 0 Å². The minimum atomic E-state index is 0.157. The van der Waals surface area contributed by atoms with Crippen molar-refractivity contribution in [3.8, 4) is 0 Å². The van der Waals surface area contributed by atoms with Crippen LogP contribution in [0.25, 0.3) is 0 Å². The zero-order valence-corrected chi connectivity index (χ0v) is 4.85. The highest BCUT2D eigenvalue weighted by Gasteiger charge is 2.02. The first-order valence-electron chi connectivity index (χ1n) is 2.40. The van der Waals surface area contributed by atoms with E-state index >= 15 is 0 Å². The van der Waals surface area contributed by atoms with Crippen LogP contribution in [0, 0.1) is 0 Å². The zero-order chi connectivity index (χ0) is 7.40. The first kappa shape index (κ1) is 6.56. The summed E-state index contributed by atoms with van der Waals surface area (Å²) in [6, 6.07) is 0. The van der Waals surface area contributed by atoms with E-state index in [4.69, 9.17) is 10.4 Å². The Morgan fingerprint density at radius 1 is 1.80 bits per heavy atom. The van der Waals surface area contributed by atoms with Gasteiger partial charge in [0.15, 0.2) is 0 Å². The molecule has 6 nitrogen and oxygen atoms in total. The van der Waals surface area contributed by atoms with Crippen LogP contribution in [0.15, 0.2) is 15.9 Å². The molecule has 0 bridgehead atoms. The molecular formula is C4H5N3O3. The molecule has 0 spiro atoms. The molecule has 1 aromatic rings. The normalized spacial score (nSPS) is 10.5. The molecule has 3 N–H and O–H groups in total. The molecule has 0 amide bonds. The van der Waals surface area contributed by atoms with Crippen LogP contribution in [0.1, 0.15) is 5.76 Å². The Kier molecular flexibility index (Phi) is 1.86. The Morgan fingerprint density at radius 3 is 3.20 bits per heavy atom. The van der Waals surface area contributed by atoms with Crippen molar-refractivity contribution >= 4 is 11.9 Å². The number of oxime groups is 1. The van der Waals surface area contributed by atoms with Crippen molar-refractivity contribution in [2.24, 2.45) is 5.16 Å². The van der Waals surface area contributed by atoms with Crippen LogP contribution < -0.4 is 5.48 Å². The Hall–Kier alpha value is -1.56. The van der Waals surface area contributed by atoms with Crippen LogP contribution in [-0.2, 0) is 0 Å². The molecule has 0 saturated carbocycles. The van der Waals surface area contributed by atoms with Gasteiger partial charge in [-0.15, -0.1) is 0 Å². The third kappa shape index (κ3) is 1.06. The van der Waals surface area contributed by atoms with E-state index in [1.165, 1.54) is 6.20 Å². The van der Waals surface area contributed by atoms with Crippen LogP contribution in [-0.4, -0.2) is 21.8 Å². The highest BCUT2D eigenvalue weighted by molar-refractivity contribution is 5.82. The van der Waals surface area contributed by atoms with E-state index in [0.29, 0.717) is 0 Å². The standard InChI is InChI=1S/C4H5N3O3/c8-5-2-4-3(7-9)1-6-10-4/h1-2,7-9H/b5-2+. The van der Waals surface area contributed by atoms with Gasteiger partial charge in [0.05, 0.1) is 6.20 Å². The zero-order valence-electron chi connectivity index (χ0n) is 4.85. The summed E-state index contributed by atoms with van der Waals surface area (Å²) in [6.45, 7) is 0. The lowest BCUT2D eigenvalue weighted by molar-refractivity contribution is 0.319. The molecule has 1 heterocycles. The van der Waals surface area contributed by atoms with Gasteiger partial charge in [-0.1, -0.05) is 10.3 Å². The molecule has 1 rings (SSSR count). The molecule has 0 atom stereocenters. The largest absolute Gasteiger partial charge is 0.411 e. The van der Waals surface area contributed by atoms with Crippen LogP contribution in [0.2, 0.25) is 0 Å². The summed E-state index contributed by atoms with van der Waals surface area (Å²) in [6.07, 6.45) is 2.25. The molecule has 0 saturated heterocycles. The predicted octanol–water partition coefficient (Wildman–Crippen LogP) is 0.284. The second kappa shape index (κ2) is 2.83. The maximum absolute atomic E-state index is 8.34. The van der Waals surface area contributed by atoms with Gasteiger partial charge in [0, 0.05) is 0 Å². The molecule has 10 heavy (non-hydrogen) atoms. The van der Waals surface area contributed by atoms with E-state index in [0.717, 1.165) is 6.21 Å². The third-order valence-corrected chi connectivity index (χ3v) is 0.894. The SMILES string of the molecule is O/N=C/c1oncc1NO. The fourth-order valence-corrected chi connectivity index (χ4v) is 0.478. The van der Waals surface area contributed by atoms with Gasteiger partial charge in [-0.05, 0) is 0 Å². The van der Waals surface area contributed by atoms with Crippen molar-refractivity contribution in [3.05, 3.63) is 12.0 Å².